The molecular weight excluding hydrogens is 469 g/mol. The number of rotatable bonds is 9. The Kier molecular flexibility index (Phi) is 7.65. The summed E-state index contributed by atoms with van der Waals surface area (Å²) in [4.78, 5) is 25.8. The molecule has 2 aromatic rings. The molecule has 1 saturated carbocycles. The predicted molar refractivity (Wildman–Crippen MR) is 142 cm³/mol. The monoisotopic (exact) mass is 509 g/mol. The van der Waals surface area contributed by atoms with Crippen LogP contribution in [0.25, 0.3) is 0 Å². The third-order valence-electron chi connectivity index (χ3n) is 8.78. The highest BCUT2D eigenvalue weighted by molar-refractivity contribution is 5.79. The molecule has 1 amide bonds. The normalized spacial score (nSPS) is 25.9. The van der Waals surface area contributed by atoms with Crippen molar-refractivity contribution in [2.45, 2.75) is 76.8 Å². The molecule has 1 aromatic carbocycles. The minimum absolute atomic E-state index is 0.0159. The third kappa shape index (κ3) is 5.74. The number of nitrogens with zero attached hydrogens (tertiary/aromatic N) is 4. The lowest BCUT2D eigenvalue weighted by Crippen LogP contribution is -2.44. The van der Waals surface area contributed by atoms with E-state index in [0.717, 1.165) is 76.1 Å². The van der Waals surface area contributed by atoms with Crippen molar-refractivity contribution < 1.29 is 13.9 Å². The van der Waals surface area contributed by atoms with Crippen LogP contribution in [0, 0.1) is 24.6 Å². The van der Waals surface area contributed by atoms with Crippen LogP contribution >= 0.6 is 0 Å². The number of aryl methyl sites for hydroxylation is 1. The fraction of sp³-hybridized carbons (Fsp3) is 0.621. The lowest BCUT2D eigenvalue weighted by atomic mass is 9.86. The minimum atomic E-state index is -0.373. The summed E-state index contributed by atoms with van der Waals surface area (Å²) in [5.74, 6) is 1.89. The first kappa shape index (κ1) is 25.9. The van der Waals surface area contributed by atoms with Gasteiger partial charge in [-0.25, -0.2) is 14.4 Å². The van der Waals surface area contributed by atoms with Gasteiger partial charge in [0.2, 0.25) is 11.9 Å². The van der Waals surface area contributed by atoms with Gasteiger partial charge in [0.15, 0.2) is 0 Å². The van der Waals surface area contributed by atoms with Crippen molar-refractivity contribution in [1.82, 2.24) is 14.9 Å². The van der Waals surface area contributed by atoms with Gasteiger partial charge >= 0.3 is 0 Å². The maximum Gasteiger partial charge on any atom is 0.227 e. The number of halogens is 1. The lowest BCUT2D eigenvalue weighted by molar-refractivity contribution is -0.131. The van der Waals surface area contributed by atoms with E-state index in [2.05, 4.69) is 21.8 Å². The topological polar surface area (TPSA) is 84.6 Å². The Balaban J connectivity index is 1.06. The van der Waals surface area contributed by atoms with Crippen molar-refractivity contribution in [2.24, 2.45) is 17.6 Å². The number of amides is 1. The van der Waals surface area contributed by atoms with E-state index in [1.165, 1.54) is 6.07 Å². The van der Waals surface area contributed by atoms with Crippen molar-refractivity contribution in [3.63, 3.8) is 0 Å². The van der Waals surface area contributed by atoms with Gasteiger partial charge in [0.25, 0.3) is 0 Å². The fourth-order valence-corrected chi connectivity index (χ4v) is 6.34. The number of hydrogen-bond donors (Lipinski definition) is 1. The predicted octanol–water partition coefficient (Wildman–Crippen LogP) is 4.27. The summed E-state index contributed by atoms with van der Waals surface area (Å²) in [5.41, 5.74) is 8.19. The van der Waals surface area contributed by atoms with Crippen LogP contribution in [0.15, 0.2) is 30.6 Å². The summed E-state index contributed by atoms with van der Waals surface area (Å²) in [6.07, 6.45) is 10.9. The van der Waals surface area contributed by atoms with Crippen LogP contribution in [0.4, 0.5) is 10.3 Å². The Bertz CT molecular complexity index is 1090. The van der Waals surface area contributed by atoms with Crippen LogP contribution in [0.1, 0.15) is 63.0 Å². The maximum atomic E-state index is 14.7. The number of hydrogen-bond acceptors (Lipinski definition) is 6. The Hall–Kier alpha value is -2.74. The SMILES string of the molecule is CC[C@@H]1CCCN1C(=O)Cc1ccc(OCC[C@@H]2C[C@]2(N)C2CCN(c3ncc(C)cn3)CC2)cc1F. The largest absolute Gasteiger partial charge is 0.493 e. The summed E-state index contributed by atoms with van der Waals surface area (Å²) in [7, 11) is 0. The second-order valence-electron chi connectivity index (χ2n) is 11.2. The van der Waals surface area contributed by atoms with Crippen LogP contribution in [0.5, 0.6) is 5.75 Å². The first-order valence-electron chi connectivity index (χ1n) is 13.9. The van der Waals surface area contributed by atoms with E-state index in [1.807, 2.05) is 24.2 Å². The molecule has 2 saturated heterocycles. The number of ether oxygens (including phenoxy) is 1. The lowest BCUT2D eigenvalue weighted by Gasteiger charge is -2.35. The molecule has 5 rings (SSSR count). The second kappa shape index (κ2) is 10.9. The number of benzene rings is 1. The highest BCUT2D eigenvalue weighted by atomic mass is 19.1. The molecular formula is C29H40FN5O2. The maximum absolute atomic E-state index is 14.7. The molecule has 37 heavy (non-hydrogen) atoms. The molecule has 3 atom stereocenters. The second-order valence-corrected chi connectivity index (χ2v) is 11.2. The zero-order valence-electron chi connectivity index (χ0n) is 22.2. The van der Waals surface area contributed by atoms with E-state index >= 15 is 0 Å². The summed E-state index contributed by atoms with van der Waals surface area (Å²) in [6.45, 7) is 7.26. The van der Waals surface area contributed by atoms with Crippen LogP contribution in [0.3, 0.4) is 0 Å². The van der Waals surface area contributed by atoms with Gasteiger partial charge in [0.1, 0.15) is 11.6 Å². The van der Waals surface area contributed by atoms with E-state index in [1.54, 1.807) is 12.1 Å². The average molecular weight is 510 g/mol. The molecule has 7 nitrogen and oxygen atoms in total. The molecule has 0 bridgehead atoms. The van der Waals surface area contributed by atoms with Gasteiger partial charge < -0.3 is 20.3 Å². The highest BCUT2D eigenvalue weighted by Gasteiger charge is 2.55. The molecule has 0 radical (unpaired) electrons. The van der Waals surface area contributed by atoms with Gasteiger partial charge in [-0.15, -0.1) is 0 Å². The number of aromatic nitrogens is 2. The summed E-state index contributed by atoms with van der Waals surface area (Å²) in [6, 6.07) is 5.17. The van der Waals surface area contributed by atoms with Crippen molar-refractivity contribution >= 4 is 11.9 Å². The Morgan fingerprint density at radius 1 is 1.19 bits per heavy atom. The molecule has 3 heterocycles. The molecule has 200 valence electrons. The Labute approximate surface area is 219 Å². The smallest absolute Gasteiger partial charge is 0.227 e. The number of likely N-dealkylation sites (tertiary alicyclic amines) is 1. The quantitative estimate of drug-likeness (QED) is 0.544. The van der Waals surface area contributed by atoms with E-state index in [4.69, 9.17) is 10.5 Å². The van der Waals surface area contributed by atoms with Gasteiger partial charge in [-0.2, -0.15) is 0 Å². The summed E-state index contributed by atoms with van der Waals surface area (Å²) < 4.78 is 20.6. The fourth-order valence-electron chi connectivity index (χ4n) is 6.34. The van der Waals surface area contributed by atoms with Gasteiger partial charge in [-0.3, -0.25) is 4.79 Å². The Morgan fingerprint density at radius 2 is 1.95 bits per heavy atom. The third-order valence-corrected chi connectivity index (χ3v) is 8.78. The molecule has 3 aliphatic rings. The standard InChI is InChI=1S/C29H40FN5O2/c1-3-24-5-4-11-35(24)27(36)15-21-6-7-25(16-26(21)30)37-14-10-23-17-29(23,31)22-8-12-34(13-9-22)28-32-18-20(2)19-33-28/h6-7,16,18-19,22-24H,3-5,8-15,17,31H2,1-2H3/t23-,24-,29+/m1/s1. The van der Waals surface area contributed by atoms with E-state index in [0.29, 0.717) is 35.8 Å². The molecule has 0 unspecified atom stereocenters. The summed E-state index contributed by atoms with van der Waals surface area (Å²) in [5, 5.41) is 0. The van der Waals surface area contributed by atoms with E-state index in [-0.39, 0.29) is 23.7 Å². The van der Waals surface area contributed by atoms with Crippen LogP contribution in [-0.2, 0) is 11.2 Å². The van der Waals surface area contributed by atoms with Gasteiger partial charge in [0.05, 0.1) is 13.0 Å². The zero-order valence-corrected chi connectivity index (χ0v) is 22.2. The van der Waals surface area contributed by atoms with Gasteiger partial charge in [0, 0.05) is 49.7 Å². The first-order chi connectivity index (χ1) is 17.9. The number of nitrogens with two attached hydrogens (primary N) is 1. The van der Waals surface area contributed by atoms with Crippen LogP contribution < -0.4 is 15.4 Å². The number of anilines is 1. The van der Waals surface area contributed by atoms with Crippen molar-refractivity contribution in [1.29, 1.82) is 0 Å². The van der Waals surface area contributed by atoms with Crippen molar-refractivity contribution in [2.75, 3.05) is 31.1 Å². The molecule has 1 aliphatic carbocycles. The number of piperidine rings is 1. The van der Waals surface area contributed by atoms with Crippen molar-refractivity contribution in [3.05, 3.63) is 47.5 Å². The molecule has 1 aromatic heterocycles. The number of carbonyl (C=O) groups excluding carboxylic acids is 1. The molecule has 8 heteroatoms. The minimum Gasteiger partial charge on any atom is -0.493 e. The molecule has 2 aliphatic heterocycles. The zero-order chi connectivity index (χ0) is 26.0. The molecule has 0 spiro atoms. The van der Waals surface area contributed by atoms with Crippen LogP contribution in [-0.4, -0.2) is 58.6 Å². The van der Waals surface area contributed by atoms with E-state index < -0.39 is 0 Å². The molecule has 2 N–H and O–H groups in total. The van der Waals surface area contributed by atoms with Crippen molar-refractivity contribution in [3.8, 4) is 5.75 Å². The van der Waals surface area contributed by atoms with E-state index in [9.17, 15) is 9.18 Å². The first-order valence-corrected chi connectivity index (χ1v) is 13.9. The van der Waals surface area contributed by atoms with Crippen LogP contribution in [0.2, 0.25) is 0 Å². The van der Waals surface area contributed by atoms with Gasteiger partial charge in [-0.05, 0) is 80.9 Å². The number of carbonyl (C=O) groups is 1. The average Bonchev–Trinajstić information content (AvgIpc) is 3.33. The van der Waals surface area contributed by atoms with Gasteiger partial charge in [-0.1, -0.05) is 13.0 Å². The molecule has 3 fully saturated rings. The Morgan fingerprint density at radius 3 is 2.65 bits per heavy atom. The highest BCUT2D eigenvalue weighted by Crippen LogP contribution is 2.52. The summed E-state index contributed by atoms with van der Waals surface area (Å²) >= 11 is 0.